The number of aromatic nitrogens is 1. The number of carbonyl (C=O) groups is 2. The van der Waals surface area contributed by atoms with Gasteiger partial charge in [-0.3, -0.25) is 9.59 Å². The molecule has 120 valence electrons. The largest absolute Gasteiger partial charge is 0.451 e. The number of esters is 1. The summed E-state index contributed by atoms with van der Waals surface area (Å²) in [5, 5.41) is 0.571. The van der Waals surface area contributed by atoms with Gasteiger partial charge in [0.2, 0.25) is 11.3 Å². The Morgan fingerprint density at radius 3 is 2.42 bits per heavy atom. The van der Waals surface area contributed by atoms with Crippen molar-refractivity contribution >= 4 is 22.7 Å². The number of aromatic amines is 1. The molecule has 1 N–H and O–H groups in total. The van der Waals surface area contributed by atoms with Gasteiger partial charge in [-0.05, 0) is 13.0 Å². The van der Waals surface area contributed by atoms with Crippen LogP contribution in [0.1, 0.15) is 27.6 Å². The van der Waals surface area contributed by atoms with E-state index in [-0.39, 0.29) is 11.3 Å². The van der Waals surface area contributed by atoms with Crippen molar-refractivity contribution in [2.75, 3.05) is 0 Å². The van der Waals surface area contributed by atoms with Crippen molar-refractivity contribution in [1.29, 1.82) is 0 Å². The van der Waals surface area contributed by atoms with Gasteiger partial charge in [-0.2, -0.15) is 0 Å². The highest BCUT2D eigenvalue weighted by molar-refractivity contribution is 6.05. The molecule has 24 heavy (non-hydrogen) atoms. The zero-order valence-corrected chi connectivity index (χ0v) is 13.0. The molecule has 2 aromatic carbocycles. The summed E-state index contributed by atoms with van der Waals surface area (Å²) in [5.41, 5.74) is 0.748. The van der Waals surface area contributed by atoms with E-state index in [1.807, 2.05) is 0 Å². The van der Waals surface area contributed by atoms with Gasteiger partial charge in [0.05, 0.1) is 5.56 Å². The minimum Gasteiger partial charge on any atom is -0.451 e. The average molecular weight is 321 g/mol. The molecule has 5 nitrogen and oxygen atoms in total. The van der Waals surface area contributed by atoms with Crippen LogP contribution < -0.4 is 5.56 Å². The van der Waals surface area contributed by atoms with Crippen LogP contribution in [0.5, 0.6) is 0 Å². The minimum absolute atomic E-state index is 0.141. The van der Waals surface area contributed by atoms with Crippen LogP contribution in [-0.2, 0) is 4.74 Å². The number of pyridine rings is 1. The van der Waals surface area contributed by atoms with Gasteiger partial charge in [-0.1, -0.05) is 48.5 Å². The number of hydrogen-bond acceptors (Lipinski definition) is 4. The smallest absolute Gasteiger partial charge is 0.339 e. The Kier molecular flexibility index (Phi) is 4.24. The van der Waals surface area contributed by atoms with E-state index >= 15 is 0 Å². The fraction of sp³-hybridized carbons (Fsp3) is 0.105. The highest BCUT2D eigenvalue weighted by atomic mass is 16.5. The standard InChI is InChI=1S/C19H15NO4/c1-12(18(22)13-7-3-2-4-8-13)24-19(23)15-11-17(21)20-16-10-6-5-9-14(15)16/h2-12H,1H3,(H,20,21)/t12-/m0/s1. The van der Waals surface area contributed by atoms with E-state index in [4.69, 9.17) is 4.74 Å². The summed E-state index contributed by atoms with van der Waals surface area (Å²) in [6.07, 6.45) is -0.946. The van der Waals surface area contributed by atoms with E-state index in [0.29, 0.717) is 16.5 Å². The number of nitrogens with one attached hydrogen (secondary N) is 1. The second kappa shape index (κ2) is 6.50. The van der Waals surface area contributed by atoms with Crippen LogP contribution in [0.2, 0.25) is 0 Å². The molecule has 3 aromatic rings. The van der Waals surface area contributed by atoms with Crippen LogP contribution >= 0.6 is 0 Å². The predicted molar refractivity (Wildman–Crippen MR) is 90.2 cm³/mol. The number of hydrogen-bond donors (Lipinski definition) is 1. The van der Waals surface area contributed by atoms with Crippen molar-refractivity contribution in [1.82, 2.24) is 4.98 Å². The number of fused-ring (bicyclic) bond motifs is 1. The lowest BCUT2D eigenvalue weighted by Crippen LogP contribution is -2.25. The zero-order valence-electron chi connectivity index (χ0n) is 13.0. The molecular weight excluding hydrogens is 306 g/mol. The normalized spacial score (nSPS) is 11.9. The van der Waals surface area contributed by atoms with Crippen molar-refractivity contribution in [2.45, 2.75) is 13.0 Å². The van der Waals surface area contributed by atoms with Gasteiger partial charge >= 0.3 is 5.97 Å². The molecule has 0 bridgehead atoms. The van der Waals surface area contributed by atoms with E-state index in [0.717, 1.165) is 0 Å². The maximum Gasteiger partial charge on any atom is 0.339 e. The molecule has 1 atom stereocenters. The fourth-order valence-electron chi connectivity index (χ4n) is 2.49. The Hall–Kier alpha value is -3.21. The van der Waals surface area contributed by atoms with Gasteiger partial charge in [-0.15, -0.1) is 0 Å². The van der Waals surface area contributed by atoms with Crippen LogP contribution in [0.15, 0.2) is 65.5 Å². The van der Waals surface area contributed by atoms with Gasteiger partial charge in [-0.25, -0.2) is 4.79 Å². The lowest BCUT2D eigenvalue weighted by molar-refractivity contribution is 0.0320. The first kappa shape index (κ1) is 15.7. The highest BCUT2D eigenvalue weighted by Gasteiger charge is 2.21. The third-order valence-electron chi connectivity index (χ3n) is 3.68. The molecule has 0 radical (unpaired) electrons. The Bertz CT molecular complexity index is 960. The predicted octanol–water partition coefficient (Wildman–Crippen LogP) is 2.96. The number of para-hydroxylation sites is 1. The molecule has 0 spiro atoms. The van der Waals surface area contributed by atoms with Crippen molar-refractivity contribution in [2.24, 2.45) is 0 Å². The molecule has 3 rings (SSSR count). The molecule has 0 fully saturated rings. The molecule has 0 unspecified atom stereocenters. The molecule has 0 aliphatic heterocycles. The number of ether oxygens (including phenoxy) is 1. The van der Waals surface area contributed by atoms with Crippen molar-refractivity contribution in [3.05, 3.63) is 82.1 Å². The van der Waals surface area contributed by atoms with Crippen LogP contribution in [-0.4, -0.2) is 22.8 Å². The number of H-pyrrole nitrogens is 1. The maximum absolute atomic E-state index is 12.4. The second-order valence-corrected chi connectivity index (χ2v) is 5.37. The first-order valence-corrected chi connectivity index (χ1v) is 7.48. The van der Waals surface area contributed by atoms with E-state index in [1.165, 1.54) is 13.0 Å². The molecule has 0 saturated carbocycles. The Morgan fingerprint density at radius 2 is 1.67 bits per heavy atom. The van der Waals surface area contributed by atoms with Gasteiger partial charge in [0.15, 0.2) is 6.10 Å². The first-order chi connectivity index (χ1) is 11.6. The molecular formula is C19H15NO4. The summed E-state index contributed by atoms with van der Waals surface area (Å²) < 4.78 is 5.27. The topological polar surface area (TPSA) is 76.2 Å². The van der Waals surface area contributed by atoms with E-state index < -0.39 is 17.6 Å². The number of ketones is 1. The van der Waals surface area contributed by atoms with Crippen molar-refractivity contribution in [3.8, 4) is 0 Å². The average Bonchev–Trinajstić information content (AvgIpc) is 2.60. The third kappa shape index (κ3) is 3.10. The molecule has 0 amide bonds. The van der Waals surface area contributed by atoms with Gasteiger partial charge < -0.3 is 9.72 Å². The Morgan fingerprint density at radius 1 is 1.00 bits per heavy atom. The number of carbonyl (C=O) groups excluding carboxylic acids is 2. The van der Waals surface area contributed by atoms with Crippen LogP contribution in [0.4, 0.5) is 0 Å². The SMILES string of the molecule is C[C@H](OC(=O)c1cc(=O)[nH]c2ccccc12)C(=O)c1ccccc1. The summed E-state index contributed by atoms with van der Waals surface area (Å²) in [7, 11) is 0. The third-order valence-corrected chi connectivity index (χ3v) is 3.68. The van der Waals surface area contributed by atoms with Crippen LogP contribution in [0, 0.1) is 0 Å². The first-order valence-electron chi connectivity index (χ1n) is 7.48. The summed E-state index contributed by atoms with van der Waals surface area (Å²) in [6.45, 7) is 1.52. The van der Waals surface area contributed by atoms with Crippen LogP contribution in [0.25, 0.3) is 10.9 Å². The molecule has 0 aliphatic carbocycles. The summed E-state index contributed by atoms with van der Waals surface area (Å²) in [4.78, 5) is 39.1. The second-order valence-electron chi connectivity index (χ2n) is 5.37. The van der Waals surface area contributed by atoms with Gasteiger partial charge in [0, 0.05) is 22.5 Å². The summed E-state index contributed by atoms with van der Waals surface area (Å²) in [6, 6.07) is 16.7. The van der Waals surface area contributed by atoms with E-state index in [1.54, 1.807) is 54.6 Å². The highest BCUT2D eigenvalue weighted by Crippen LogP contribution is 2.17. The number of Topliss-reactive ketones (excluding diaryl/α,β-unsaturated/α-hetero) is 1. The van der Waals surface area contributed by atoms with Gasteiger partial charge in [0.25, 0.3) is 0 Å². The summed E-state index contributed by atoms with van der Waals surface area (Å²) in [5.74, 6) is -0.993. The van der Waals surface area contributed by atoms with Crippen molar-refractivity contribution < 1.29 is 14.3 Å². The lowest BCUT2D eigenvalue weighted by Gasteiger charge is -2.13. The number of benzene rings is 2. The molecule has 0 aliphatic rings. The van der Waals surface area contributed by atoms with E-state index in [9.17, 15) is 14.4 Å². The quantitative estimate of drug-likeness (QED) is 0.592. The Balaban J connectivity index is 1.88. The lowest BCUT2D eigenvalue weighted by atomic mass is 10.1. The van der Waals surface area contributed by atoms with Gasteiger partial charge in [0.1, 0.15) is 0 Å². The number of rotatable bonds is 4. The molecule has 1 heterocycles. The monoisotopic (exact) mass is 321 g/mol. The summed E-state index contributed by atoms with van der Waals surface area (Å²) >= 11 is 0. The van der Waals surface area contributed by atoms with Crippen LogP contribution in [0.3, 0.4) is 0 Å². The maximum atomic E-state index is 12.4. The minimum atomic E-state index is -0.946. The Labute approximate surface area is 137 Å². The zero-order chi connectivity index (χ0) is 17.1. The van der Waals surface area contributed by atoms with E-state index in [2.05, 4.69) is 4.98 Å². The fourth-order valence-corrected chi connectivity index (χ4v) is 2.49. The van der Waals surface area contributed by atoms with Crippen molar-refractivity contribution in [3.63, 3.8) is 0 Å². The molecule has 5 heteroatoms. The molecule has 0 saturated heterocycles. The molecule has 1 aromatic heterocycles.